The summed E-state index contributed by atoms with van der Waals surface area (Å²) in [6.07, 6.45) is 9.15. The van der Waals surface area contributed by atoms with E-state index in [0.29, 0.717) is 11.8 Å². The topological polar surface area (TPSA) is 0 Å². The number of halogens is 2. The molecule has 0 fully saturated rings. The van der Waals surface area contributed by atoms with E-state index in [2.05, 4.69) is 166 Å². The maximum absolute atomic E-state index is 4.93. The van der Waals surface area contributed by atoms with Gasteiger partial charge in [-0.25, -0.2) is 0 Å². The molecule has 0 aliphatic heterocycles. The fourth-order valence-corrected chi connectivity index (χ4v) is 7.69. The molecule has 4 heteroatoms. The van der Waals surface area contributed by atoms with E-state index < -0.39 is 20.8 Å². The first kappa shape index (κ1) is 46.2. The zero-order chi connectivity index (χ0) is 39.6. The first-order chi connectivity index (χ1) is 26.1. The summed E-state index contributed by atoms with van der Waals surface area (Å²) < 4.78 is 0. The van der Waals surface area contributed by atoms with Crippen molar-refractivity contribution >= 4 is 48.1 Å². The summed E-state index contributed by atoms with van der Waals surface area (Å²) >= 11 is -0.826. The molecule has 2 radical (unpaired) electrons. The van der Waals surface area contributed by atoms with E-state index in [9.17, 15) is 0 Å². The zero-order valence-corrected chi connectivity index (χ0v) is 39.8. The van der Waals surface area contributed by atoms with Gasteiger partial charge in [0.25, 0.3) is 0 Å². The third-order valence-corrected chi connectivity index (χ3v) is 9.73. The van der Waals surface area contributed by atoms with E-state index in [1.807, 2.05) is 0 Å². The van der Waals surface area contributed by atoms with Crippen molar-refractivity contribution in [2.24, 2.45) is 11.8 Å². The fourth-order valence-electron chi connectivity index (χ4n) is 7.69. The standard InChI is InChI=1S/2C24H29.C2H6Si.2ClH.Zr/c2*1-5-9-20-12-13-21-15-18(14-17(3)4)16-23(21)24(20)22-11-8-7-10-19(22)6-2;1-3-2;;;/h2*7-8,10-13,15-17H,5-6,9,14H2,1-4H3;1-2H3;2*1H;/q2*-1;;;;+4/p-2. The third-order valence-electron chi connectivity index (χ3n) is 9.73. The summed E-state index contributed by atoms with van der Waals surface area (Å²) in [5.41, 5.74) is 14.6. The van der Waals surface area contributed by atoms with Crippen LogP contribution in [0.5, 0.6) is 0 Å². The molecule has 6 aromatic rings. The second-order valence-corrected chi connectivity index (χ2v) is 20.0. The second-order valence-electron chi connectivity index (χ2n) is 15.2. The number of fused-ring (bicyclic) bond motifs is 2. The summed E-state index contributed by atoms with van der Waals surface area (Å²) in [6, 6.07) is 36.9. The molecular weight excluding hydrogens is 791 g/mol. The molecule has 0 spiro atoms. The van der Waals surface area contributed by atoms with Crippen LogP contribution in [-0.2, 0) is 59.4 Å². The van der Waals surface area contributed by atoms with Gasteiger partial charge >= 0.3 is 37.9 Å². The Labute approximate surface area is 350 Å². The molecule has 0 aliphatic carbocycles. The Balaban J connectivity index is 0.000000254. The van der Waals surface area contributed by atoms with Crippen LogP contribution < -0.4 is 0 Å². The average Bonchev–Trinajstić information content (AvgIpc) is 3.75. The van der Waals surface area contributed by atoms with E-state index in [-0.39, 0.29) is 0 Å². The molecule has 0 heterocycles. The van der Waals surface area contributed by atoms with Crippen molar-refractivity contribution < 1.29 is 20.8 Å². The first-order valence-electron chi connectivity index (χ1n) is 20.2. The van der Waals surface area contributed by atoms with Gasteiger partial charge in [0, 0.05) is 9.52 Å². The van der Waals surface area contributed by atoms with E-state index in [4.69, 9.17) is 17.0 Å². The van der Waals surface area contributed by atoms with Crippen LogP contribution in [0.3, 0.4) is 0 Å². The van der Waals surface area contributed by atoms with Crippen molar-refractivity contribution in [2.75, 3.05) is 0 Å². The van der Waals surface area contributed by atoms with Crippen molar-refractivity contribution in [3.63, 3.8) is 0 Å². The molecule has 0 N–H and O–H groups in total. The number of hydrogen-bond acceptors (Lipinski definition) is 0. The second kappa shape index (κ2) is 24.4. The molecule has 0 amide bonds. The van der Waals surface area contributed by atoms with Crippen LogP contribution in [0.4, 0.5) is 0 Å². The molecule has 6 rings (SSSR count). The average molecular weight is 855 g/mol. The molecular formula is C50H64Cl2SiZr. The molecule has 0 aliphatic rings. The summed E-state index contributed by atoms with van der Waals surface area (Å²) in [5.74, 6) is 1.40. The number of aryl methyl sites for hydroxylation is 4. The van der Waals surface area contributed by atoms with Crippen LogP contribution in [0.25, 0.3) is 43.8 Å². The Morgan fingerprint density at radius 2 is 0.907 bits per heavy atom. The zero-order valence-electron chi connectivity index (χ0n) is 34.8. The summed E-state index contributed by atoms with van der Waals surface area (Å²) in [4.78, 5) is 0. The molecule has 0 nitrogen and oxygen atoms in total. The maximum atomic E-state index is 4.93. The van der Waals surface area contributed by atoms with Crippen LogP contribution >= 0.6 is 17.0 Å². The quantitative estimate of drug-likeness (QED) is 0.0850. The van der Waals surface area contributed by atoms with E-state index >= 15 is 0 Å². The SMILES string of the molecule is CCCc1ccc2[cH-]c(CC(C)C)cc2c1-c1ccccc1CC.CCCc1ccc2[cH-]c(CC(C)C)cc2c1-c1ccccc1CC.C[Si]C.[Cl][Zr+2][Cl]. The predicted molar refractivity (Wildman–Crippen MR) is 243 cm³/mol. The van der Waals surface area contributed by atoms with E-state index in [0.717, 1.165) is 48.0 Å². The Morgan fingerprint density at radius 3 is 1.22 bits per heavy atom. The third kappa shape index (κ3) is 12.9. The summed E-state index contributed by atoms with van der Waals surface area (Å²) in [6.45, 7) is 22.6. The van der Waals surface area contributed by atoms with Gasteiger partial charge in [-0.2, -0.15) is 12.1 Å². The van der Waals surface area contributed by atoms with Crippen molar-refractivity contribution in [1.82, 2.24) is 0 Å². The van der Waals surface area contributed by atoms with Gasteiger partial charge in [0.2, 0.25) is 0 Å². The van der Waals surface area contributed by atoms with Gasteiger partial charge < -0.3 is 0 Å². The summed E-state index contributed by atoms with van der Waals surface area (Å²) in [7, 11) is 11.0. The number of rotatable bonds is 12. The Bertz CT molecular complexity index is 1830. The Morgan fingerprint density at radius 1 is 0.556 bits per heavy atom. The Kier molecular flexibility index (Phi) is 20.9. The molecule has 0 saturated heterocycles. The van der Waals surface area contributed by atoms with Crippen LogP contribution in [-0.4, -0.2) is 9.52 Å². The number of benzene rings is 4. The molecule has 0 bridgehead atoms. The van der Waals surface area contributed by atoms with Gasteiger partial charge in [-0.05, 0) is 72.6 Å². The van der Waals surface area contributed by atoms with Gasteiger partial charge in [0.05, 0.1) is 0 Å². The first-order valence-corrected chi connectivity index (χ1v) is 28.6. The van der Waals surface area contributed by atoms with Gasteiger partial charge in [0.15, 0.2) is 0 Å². The van der Waals surface area contributed by atoms with Crippen LogP contribution in [0.2, 0.25) is 13.1 Å². The van der Waals surface area contributed by atoms with Crippen LogP contribution in [0, 0.1) is 11.8 Å². The Hall–Kier alpha value is -2.22. The molecule has 0 unspecified atom stereocenters. The van der Waals surface area contributed by atoms with Gasteiger partial charge in [-0.15, -0.1) is 69.1 Å². The van der Waals surface area contributed by atoms with Gasteiger partial charge in [0.1, 0.15) is 0 Å². The molecule has 0 aromatic heterocycles. The molecule has 54 heavy (non-hydrogen) atoms. The van der Waals surface area contributed by atoms with Crippen molar-refractivity contribution in [3.8, 4) is 22.3 Å². The number of hydrogen-bond donors (Lipinski definition) is 0. The summed E-state index contributed by atoms with van der Waals surface area (Å²) in [5, 5.41) is 5.67. The minimum absolute atomic E-state index is 0.698. The molecule has 0 atom stereocenters. The molecule has 6 aromatic carbocycles. The monoisotopic (exact) mass is 852 g/mol. The van der Waals surface area contributed by atoms with Crippen LogP contribution in [0.15, 0.2) is 97.1 Å². The fraction of sp³-hybridized carbons (Fsp3) is 0.400. The van der Waals surface area contributed by atoms with E-state index in [1.165, 1.54) is 90.0 Å². The molecule has 0 saturated carbocycles. The van der Waals surface area contributed by atoms with Crippen molar-refractivity contribution in [2.45, 2.75) is 120 Å². The molecule has 286 valence electrons. The predicted octanol–water partition coefficient (Wildman–Crippen LogP) is 16.0. The van der Waals surface area contributed by atoms with Gasteiger partial charge in [-0.3, -0.25) is 0 Å². The van der Waals surface area contributed by atoms with E-state index in [1.54, 1.807) is 0 Å². The normalized spacial score (nSPS) is 10.8. The van der Waals surface area contributed by atoms with Gasteiger partial charge in [-0.1, -0.05) is 152 Å². The minimum atomic E-state index is -0.826. The van der Waals surface area contributed by atoms with Crippen molar-refractivity contribution in [3.05, 3.63) is 130 Å². The van der Waals surface area contributed by atoms with Crippen LogP contribution in [0.1, 0.15) is 102 Å². The van der Waals surface area contributed by atoms with Crippen molar-refractivity contribution in [1.29, 1.82) is 0 Å².